The van der Waals surface area contributed by atoms with Crippen molar-refractivity contribution in [1.29, 1.82) is 0 Å². The predicted octanol–water partition coefficient (Wildman–Crippen LogP) is -0.695. The summed E-state index contributed by atoms with van der Waals surface area (Å²) in [6.45, 7) is -1.22. The smallest absolute Gasteiger partial charge is 0.336 e. The van der Waals surface area contributed by atoms with Gasteiger partial charge in [0.15, 0.2) is 6.29 Å². The Morgan fingerprint density at radius 2 is 0.985 bits per heavy atom. The fourth-order valence-corrected chi connectivity index (χ4v) is 7.64. The Morgan fingerprint density at radius 1 is 0.515 bits per heavy atom. The molecule has 66 heavy (non-hydrogen) atoms. The van der Waals surface area contributed by atoms with Gasteiger partial charge in [-0.3, -0.25) is 0 Å². The van der Waals surface area contributed by atoms with Gasteiger partial charge in [0, 0.05) is 37.1 Å². The Morgan fingerprint density at radius 3 is 1.56 bits per heavy atom. The molecule has 0 spiro atoms. The summed E-state index contributed by atoms with van der Waals surface area (Å²) in [5, 5.41) is 119. The first kappa shape index (κ1) is 48.0. The molecule has 4 heterocycles. The van der Waals surface area contributed by atoms with E-state index in [1.54, 1.807) is 36.4 Å². The first-order chi connectivity index (χ1) is 31.5. The van der Waals surface area contributed by atoms with E-state index in [1.165, 1.54) is 60.7 Å². The lowest BCUT2D eigenvalue weighted by atomic mass is 9.93. The van der Waals surface area contributed by atoms with E-state index in [9.17, 15) is 70.9 Å². The van der Waals surface area contributed by atoms with Crippen molar-refractivity contribution >= 4 is 23.1 Å². The largest absolute Gasteiger partial charge is 0.508 e. The number of carbonyl (C=O) groups is 2. The van der Waals surface area contributed by atoms with Crippen molar-refractivity contribution < 1.29 is 99.3 Å². The minimum atomic E-state index is -1.64. The van der Waals surface area contributed by atoms with Crippen LogP contribution in [-0.4, -0.2) is 160 Å². The van der Waals surface area contributed by atoms with Crippen LogP contribution in [0.25, 0.3) is 11.1 Å². The van der Waals surface area contributed by atoms with E-state index in [0.29, 0.717) is 33.4 Å². The zero-order valence-corrected chi connectivity index (χ0v) is 34.6. The number of rotatable bonds is 8. The molecule has 2 fully saturated rings. The number of phenols is 3. The molecule has 2 saturated heterocycles. The second kappa shape index (κ2) is 20.7. The first-order valence-electron chi connectivity index (χ1n) is 20.5. The normalized spacial score (nSPS) is 31.5. The predicted molar refractivity (Wildman–Crippen MR) is 224 cm³/mol. The van der Waals surface area contributed by atoms with Gasteiger partial charge in [0.25, 0.3) is 0 Å². The van der Waals surface area contributed by atoms with Gasteiger partial charge in [0.2, 0.25) is 6.29 Å². The van der Waals surface area contributed by atoms with Crippen molar-refractivity contribution in [2.24, 2.45) is 0 Å². The van der Waals surface area contributed by atoms with Crippen LogP contribution < -0.4 is 14.2 Å². The van der Waals surface area contributed by atoms with Gasteiger partial charge in [0.1, 0.15) is 83.3 Å². The number of fused-ring (bicyclic) bond motifs is 2. The molecule has 12 N–H and O–H groups in total. The van der Waals surface area contributed by atoms with Crippen LogP contribution in [-0.2, 0) is 36.6 Å². The zero-order valence-electron chi connectivity index (χ0n) is 34.6. The van der Waals surface area contributed by atoms with Gasteiger partial charge in [-0.15, -0.1) is 0 Å². The molecule has 4 aromatic carbocycles. The molecular weight excluding hydrogens is 872 g/mol. The number of phenolic OH excluding ortho intramolecular Hbond substituents is 3. The molecule has 4 aliphatic rings. The molecule has 0 aliphatic carbocycles. The van der Waals surface area contributed by atoms with Crippen molar-refractivity contribution in [2.75, 3.05) is 13.2 Å². The topological polar surface area (TPSA) is 332 Å². The summed E-state index contributed by atoms with van der Waals surface area (Å²) < 4.78 is 33.2. The van der Waals surface area contributed by atoms with Crippen molar-refractivity contribution in [3.8, 4) is 34.5 Å². The van der Waals surface area contributed by atoms with Crippen LogP contribution in [0, 0.1) is 0 Å². The van der Waals surface area contributed by atoms with E-state index in [0.717, 1.165) is 0 Å². The van der Waals surface area contributed by atoms with Crippen LogP contribution in [0.4, 0.5) is 0 Å². The Hall–Kier alpha value is -5.98. The summed E-state index contributed by atoms with van der Waals surface area (Å²) >= 11 is 0. The van der Waals surface area contributed by atoms with Crippen molar-refractivity contribution in [2.45, 2.75) is 86.5 Å². The Bertz CT molecular complexity index is 2400. The number of hydrogen-bond donors (Lipinski definition) is 12. The minimum absolute atomic E-state index is 0.0139. The molecule has 352 valence electrons. The maximum Gasteiger partial charge on any atom is 0.336 e. The average Bonchev–Trinajstić information content (AvgIpc) is 3.29. The fourth-order valence-electron chi connectivity index (χ4n) is 7.64. The second-order valence-electron chi connectivity index (χ2n) is 15.8. The molecule has 20 heteroatoms. The molecule has 12 unspecified atom stereocenters. The highest BCUT2D eigenvalue weighted by Crippen LogP contribution is 2.36. The molecule has 20 nitrogen and oxygen atoms in total. The van der Waals surface area contributed by atoms with Gasteiger partial charge < -0.3 is 89.7 Å². The summed E-state index contributed by atoms with van der Waals surface area (Å²) in [5.74, 6) is -1.12. The Labute approximate surface area is 375 Å². The summed E-state index contributed by atoms with van der Waals surface area (Å²) in [4.78, 5) is 25.0. The van der Waals surface area contributed by atoms with Crippen LogP contribution in [0.15, 0.2) is 97.1 Å². The summed E-state index contributed by atoms with van der Waals surface area (Å²) in [5.41, 5.74) is 2.79. The molecular formula is C46H48O20. The SMILES string of the molecule is O=C1/C=C(/c2ccc(O)cc2)C(O)Cc2ccc(OC3OC(CO)C(O)C(O)C3O)cc2O1.O=C1/C=C(/c2ccc(O)cc2)C(OC2OC(CO)C(O)C(O)C2O)Cc2ccc(O)cc2O1. The third kappa shape index (κ3) is 10.8. The molecule has 0 aromatic heterocycles. The zero-order chi connectivity index (χ0) is 47.4. The minimum Gasteiger partial charge on any atom is -0.508 e. The highest BCUT2D eigenvalue weighted by molar-refractivity contribution is 5.95. The molecule has 4 aromatic rings. The summed E-state index contributed by atoms with van der Waals surface area (Å²) in [7, 11) is 0. The van der Waals surface area contributed by atoms with Crippen LogP contribution in [0.2, 0.25) is 0 Å². The van der Waals surface area contributed by atoms with E-state index in [-0.39, 0.29) is 47.3 Å². The van der Waals surface area contributed by atoms with Crippen LogP contribution >= 0.6 is 0 Å². The van der Waals surface area contributed by atoms with Crippen LogP contribution in [0.1, 0.15) is 22.3 Å². The number of esters is 2. The highest BCUT2D eigenvalue weighted by Gasteiger charge is 2.46. The maximum absolute atomic E-state index is 12.6. The summed E-state index contributed by atoms with van der Waals surface area (Å²) in [6, 6.07) is 20.8. The van der Waals surface area contributed by atoms with Gasteiger partial charge in [-0.1, -0.05) is 36.4 Å². The number of benzene rings is 4. The lowest BCUT2D eigenvalue weighted by molar-refractivity contribution is -0.306. The molecule has 0 radical (unpaired) electrons. The standard InChI is InChI=1S/2C23H24O10/c24-10-18-20(28)21(29)22(30)23(33-18)32-17-7-12-3-6-14(26)8-16(12)31-19(27)9-15(17)11-1-4-13(25)5-2-11;24-10-18-20(28)21(29)22(30)23(33-18)31-14-6-3-12-7-16(26)15(9-19(27)32-17(12)8-14)11-1-4-13(25)5-2-11/h1-6,8-9,17-18,20-26,28-30H,7,10H2;1-6,8-9,16,18,20-26,28-30H,7,10H2/b2*15-9-. The third-order valence-electron chi connectivity index (χ3n) is 11.2. The number of aliphatic hydroxyl groups is 9. The Kier molecular flexibility index (Phi) is 15.0. The maximum atomic E-state index is 12.6. The Balaban J connectivity index is 0.000000196. The van der Waals surface area contributed by atoms with E-state index in [1.807, 2.05) is 0 Å². The highest BCUT2D eigenvalue weighted by atomic mass is 16.7. The lowest BCUT2D eigenvalue weighted by Crippen LogP contribution is -2.60. The van der Waals surface area contributed by atoms with Gasteiger partial charge in [-0.25, -0.2) is 9.59 Å². The van der Waals surface area contributed by atoms with Gasteiger partial charge in [0.05, 0.1) is 25.4 Å². The molecule has 0 saturated carbocycles. The number of aromatic hydroxyl groups is 3. The fraction of sp³-hybridized carbons (Fsp3) is 0.348. The van der Waals surface area contributed by atoms with Crippen molar-refractivity contribution in [1.82, 2.24) is 0 Å². The summed E-state index contributed by atoms with van der Waals surface area (Å²) in [6.07, 6.45) is -14.0. The number of hydrogen-bond acceptors (Lipinski definition) is 20. The lowest BCUT2D eigenvalue weighted by Gasteiger charge is -2.41. The van der Waals surface area contributed by atoms with Gasteiger partial charge in [-0.2, -0.15) is 0 Å². The number of ether oxygens (including phenoxy) is 6. The average molecular weight is 921 g/mol. The van der Waals surface area contributed by atoms with Gasteiger partial charge in [-0.05, 0) is 69.8 Å². The quantitative estimate of drug-likeness (QED) is 0.0768. The molecule has 8 rings (SSSR count). The van der Waals surface area contributed by atoms with E-state index < -0.39 is 98.8 Å². The molecule has 0 amide bonds. The van der Waals surface area contributed by atoms with Crippen LogP contribution in [0.5, 0.6) is 34.5 Å². The van der Waals surface area contributed by atoms with E-state index in [2.05, 4.69) is 0 Å². The van der Waals surface area contributed by atoms with Gasteiger partial charge >= 0.3 is 11.9 Å². The molecule has 4 aliphatic heterocycles. The molecule has 12 atom stereocenters. The van der Waals surface area contributed by atoms with Crippen molar-refractivity contribution in [3.63, 3.8) is 0 Å². The first-order valence-corrected chi connectivity index (χ1v) is 20.5. The third-order valence-corrected chi connectivity index (χ3v) is 11.2. The number of aliphatic hydroxyl groups excluding tert-OH is 9. The van der Waals surface area contributed by atoms with Crippen LogP contribution in [0.3, 0.4) is 0 Å². The number of carbonyl (C=O) groups excluding carboxylic acids is 2. The van der Waals surface area contributed by atoms with Crippen molar-refractivity contribution in [3.05, 3.63) is 119 Å². The molecule has 0 bridgehead atoms. The van der Waals surface area contributed by atoms with E-state index in [4.69, 9.17) is 28.4 Å². The van der Waals surface area contributed by atoms with E-state index >= 15 is 0 Å². The monoisotopic (exact) mass is 920 g/mol. The second-order valence-corrected chi connectivity index (χ2v) is 15.8.